The van der Waals surface area contributed by atoms with Crippen LogP contribution < -0.4 is 4.57 Å². The van der Waals surface area contributed by atoms with E-state index in [1.807, 2.05) is 42.5 Å². The molecule has 1 aliphatic rings. The quantitative estimate of drug-likeness (QED) is 0.688. The molecular weight excluding hydrogens is 316 g/mol. The smallest absolute Gasteiger partial charge is 0.252 e. The van der Waals surface area contributed by atoms with E-state index in [4.69, 9.17) is 0 Å². The highest BCUT2D eigenvalue weighted by Crippen LogP contribution is 2.32. The molecule has 3 heterocycles. The third-order valence-corrected chi connectivity index (χ3v) is 4.41. The summed E-state index contributed by atoms with van der Waals surface area (Å²) >= 11 is 0. The largest absolute Gasteiger partial charge is 0.780 e. The monoisotopic (exact) mass is 332 g/mol. The summed E-state index contributed by atoms with van der Waals surface area (Å²) in [6.45, 7) is 0. The van der Waals surface area contributed by atoms with Crippen LogP contribution in [-0.2, 0) is 6.42 Å². The van der Waals surface area contributed by atoms with Gasteiger partial charge in [0, 0.05) is 24.5 Å². The van der Waals surface area contributed by atoms with E-state index < -0.39 is 12.2 Å². The van der Waals surface area contributed by atoms with Crippen molar-refractivity contribution in [2.75, 3.05) is 0 Å². The fraction of sp³-hybridized carbons (Fsp3) is 0.158. The van der Waals surface area contributed by atoms with Crippen LogP contribution in [0.4, 0.5) is 0 Å². The lowest BCUT2D eigenvalue weighted by atomic mass is 9.95. The summed E-state index contributed by atoms with van der Waals surface area (Å²) in [5.74, 6) is -0.192. The van der Waals surface area contributed by atoms with Gasteiger partial charge in [0.1, 0.15) is 6.33 Å². The van der Waals surface area contributed by atoms with Crippen LogP contribution >= 0.6 is 0 Å². The minimum Gasteiger partial charge on any atom is -0.780 e. The third kappa shape index (κ3) is 2.82. The van der Waals surface area contributed by atoms with E-state index in [0.717, 1.165) is 10.6 Å². The van der Waals surface area contributed by atoms with Gasteiger partial charge in [0.2, 0.25) is 11.9 Å². The summed E-state index contributed by atoms with van der Waals surface area (Å²) < 4.78 is 1.74. The number of hydrogen-bond donors (Lipinski definition) is 0. The lowest BCUT2D eigenvalue weighted by molar-refractivity contribution is -0.748. The molecule has 2 unspecified atom stereocenters. The van der Waals surface area contributed by atoms with Gasteiger partial charge >= 0.3 is 0 Å². The van der Waals surface area contributed by atoms with Gasteiger partial charge in [-0.05, 0) is 17.2 Å². The van der Waals surface area contributed by atoms with Gasteiger partial charge in [-0.25, -0.2) is 9.97 Å². The van der Waals surface area contributed by atoms with Crippen LogP contribution in [0.2, 0.25) is 0 Å². The number of hydroxylamine groups is 2. The standard InChI is InChI=1S/C19H16N4O2/c24-19-16-8-4-5-9-22(16)17(10-14-11-20-13-21-12-14)23(25)18(19)15-6-2-1-3-7-15/h1-9,11-13,17-18H,10H2. The van der Waals surface area contributed by atoms with Crippen molar-refractivity contribution in [2.45, 2.75) is 18.6 Å². The Bertz CT molecular complexity index is 886. The number of aromatic nitrogens is 3. The number of pyridine rings is 1. The van der Waals surface area contributed by atoms with Gasteiger partial charge < -0.3 is 10.3 Å². The molecule has 6 heteroatoms. The molecule has 25 heavy (non-hydrogen) atoms. The number of ketones is 1. The Balaban J connectivity index is 1.79. The van der Waals surface area contributed by atoms with Crippen LogP contribution in [0.15, 0.2) is 73.4 Å². The normalized spacial score (nSPS) is 20.3. The summed E-state index contributed by atoms with van der Waals surface area (Å²) in [6.07, 6.45) is 6.49. The summed E-state index contributed by atoms with van der Waals surface area (Å²) in [5.41, 5.74) is 2.08. The Morgan fingerprint density at radius 1 is 1.04 bits per heavy atom. The molecule has 124 valence electrons. The van der Waals surface area contributed by atoms with E-state index in [1.54, 1.807) is 29.2 Å². The first-order valence-corrected chi connectivity index (χ1v) is 8.04. The molecule has 0 radical (unpaired) electrons. The molecule has 6 nitrogen and oxygen atoms in total. The summed E-state index contributed by atoms with van der Waals surface area (Å²) in [6, 6.07) is 13.7. The van der Waals surface area contributed by atoms with Gasteiger partial charge in [-0.3, -0.25) is 4.79 Å². The Morgan fingerprint density at radius 3 is 2.52 bits per heavy atom. The first-order chi connectivity index (χ1) is 12.3. The third-order valence-electron chi connectivity index (χ3n) is 4.41. The van der Waals surface area contributed by atoms with Crippen LogP contribution in [0, 0.1) is 5.21 Å². The number of carbonyl (C=O) groups is 1. The van der Waals surface area contributed by atoms with E-state index in [-0.39, 0.29) is 5.78 Å². The lowest BCUT2D eigenvalue weighted by Gasteiger charge is -2.42. The van der Waals surface area contributed by atoms with Crippen LogP contribution in [-0.4, -0.2) is 20.8 Å². The van der Waals surface area contributed by atoms with Gasteiger partial charge in [0.05, 0.1) is 12.5 Å². The summed E-state index contributed by atoms with van der Waals surface area (Å²) in [5, 5.41) is 14.0. The highest BCUT2D eigenvalue weighted by atomic mass is 16.5. The van der Waals surface area contributed by atoms with Gasteiger partial charge in [0.25, 0.3) is 5.69 Å². The fourth-order valence-corrected chi connectivity index (χ4v) is 3.24. The minimum atomic E-state index is -0.849. The van der Waals surface area contributed by atoms with E-state index in [1.165, 1.54) is 6.33 Å². The number of hydrogen-bond acceptors (Lipinski definition) is 5. The lowest BCUT2D eigenvalue weighted by Crippen LogP contribution is -2.59. The van der Waals surface area contributed by atoms with Crippen molar-refractivity contribution in [2.24, 2.45) is 0 Å². The van der Waals surface area contributed by atoms with Gasteiger partial charge in [-0.2, -0.15) is 4.57 Å². The Hall–Kier alpha value is -2.96. The molecule has 4 rings (SSSR count). The topological polar surface area (TPSA) is 73.0 Å². The highest BCUT2D eigenvalue weighted by molar-refractivity contribution is 5.98. The average Bonchev–Trinajstić information content (AvgIpc) is 2.67. The maximum absolute atomic E-state index is 13.1. The van der Waals surface area contributed by atoms with Crippen molar-refractivity contribution in [1.82, 2.24) is 15.0 Å². The van der Waals surface area contributed by atoms with Crippen molar-refractivity contribution in [1.29, 1.82) is 0 Å². The van der Waals surface area contributed by atoms with Crippen LogP contribution in [0.5, 0.6) is 0 Å². The van der Waals surface area contributed by atoms with Crippen molar-refractivity contribution < 1.29 is 9.36 Å². The molecule has 1 aliphatic heterocycles. The molecule has 0 amide bonds. The maximum atomic E-state index is 13.1. The van der Waals surface area contributed by atoms with Gasteiger partial charge in [-0.15, -0.1) is 0 Å². The zero-order valence-corrected chi connectivity index (χ0v) is 13.4. The molecule has 0 bridgehead atoms. The number of carbonyl (C=O) groups excluding carboxylic acids is 1. The second kappa shape index (κ2) is 6.51. The first kappa shape index (κ1) is 15.6. The van der Waals surface area contributed by atoms with Crippen molar-refractivity contribution in [3.8, 4) is 0 Å². The highest BCUT2D eigenvalue weighted by Gasteiger charge is 2.42. The second-order valence-corrected chi connectivity index (χ2v) is 5.96. The molecule has 0 spiro atoms. The second-order valence-electron chi connectivity index (χ2n) is 5.96. The summed E-state index contributed by atoms with van der Waals surface area (Å²) in [7, 11) is 0. The minimum absolute atomic E-state index is 0.192. The molecule has 0 aliphatic carbocycles. The average molecular weight is 332 g/mol. The molecule has 2 atom stereocenters. The van der Waals surface area contributed by atoms with Crippen molar-refractivity contribution in [3.63, 3.8) is 0 Å². The molecule has 1 aromatic carbocycles. The molecule has 0 fully saturated rings. The molecule has 2 aromatic heterocycles. The number of fused-ring (bicyclic) bond motifs is 1. The molecule has 0 N–H and O–H groups in total. The zero-order valence-electron chi connectivity index (χ0n) is 13.4. The van der Waals surface area contributed by atoms with Gasteiger partial charge in [0.15, 0.2) is 6.20 Å². The van der Waals surface area contributed by atoms with E-state index in [9.17, 15) is 10.0 Å². The molecule has 0 saturated heterocycles. The van der Waals surface area contributed by atoms with E-state index in [2.05, 4.69) is 9.97 Å². The predicted molar refractivity (Wildman–Crippen MR) is 90.1 cm³/mol. The Kier molecular flexibility index (Phi) is 4.05. The molecule has 3 aromatic rings. The number of benzene rings is 1. The molecular formula is C19H16N4O2. The SMILES string of the molecule is O=C1c2cccc[n+]2C(Cc2cncnc2)N([O-])C1c1ccccc1. The Morgan fingerprint density at radius 2 is 1.76 bits per heavy atom. The van der Waals surface area contributed by atoms with Crippen molar-refractivity contribution >= 4 is 5.78 Å². The van der Waals surface area contributed by atoms with E-state index >= 15 is 0 Å². The maximum Gasteiger partial charge on any atom is 0.252 e. The number of Topliss-reactive ketones (excluding diaryl/α,β-unsaturated/α-hetero) is 1. The zero-order chi connectivity index (χ0) is 17.2. The Labute approximate surface area is 145 Å². The van der Waals surface area contributed by atoms with E-state index in [0.29, 0.717) is 17.7 Å². The summed E-state index contributed by atoms with van der Waals surface area (Å²) in [4.78, 5) is 21.0. The predicted octanol–water partition coefficient (Wildman–Crippen LogP) is 2.24. The first-order valence-electron chi connectivity index (χ1n) is 8.04. The number of nitrogens with zero attached hydrogens (tertiary/aromatic N) is 4. The fourth-order valence-electron chi connectivity index (χ4n) is 3.24. The van der Waals surface area contributed by atoms with Crippen LogP contribution in [0.3, 0.4) is 0 Å². The van der Waals surface area contributed by atoms with Gasteiger partial charge in [-0.1, -0.05) is 30.3 Å². The van der Waals surface area contributed by atoms with Crippen LogP contribution in [0.1, 0.15) is 33.8 Å². The number of rotatable bonds is 3. The molecule has 0 saturated carbocycles. The van der Waals surface area contributed by atoms with Crippen LogP contribution in [0.25, 0.3) is 0 Å². The van der Waals surface area contributed by atoms with Crippen molar-refractivity contribution in [3.05, 3.63) is 95.5 Å².